The standard InChI is InChI=1S/Cu.Fe.H3O4P.H2O/c;;1-5(2,3)4;/h;;(H3,1,2,3,4);1H2/q2*+2;;/p-4. The van der Waals surface area contributed by atoms with Gasteiger partial charge < -0.3 is 24.7 Å². The van der Waals surface area contributed by atoms with Gasteiger partial charge in [-0.2, -0.15) is 7.82 Å². The molecular weight excluding hydrogens is 230 g/mol. The summed E-state index contributed by atoms with van der Waals surface area (Å²) in [6, 6.07) is 0. The Morgan fingerprint density at radius 1 is 1.12 bits per heavy atom. The van der Waals surface area contributed by atoms with Gasteiger partial charge in [0, 0.05) is 0 Å². The summed E-state index contributed by atoms with van der Waals surface area (Å²) in [7, 11) is -5.39. The third-order valence-corrected chi connectivity index (χ3v) is 0. The van der Waals surface area contributed by atoms with Crippen LogP contribution in [0.15, 0.2) is 0 Å². The topological polar surface area (TPSA) is 116 Å². The normalized spacial score (nSPS) is 7.38. The first-order valence-electron chi connectivity index (χ1n) is 0.730. The molecule has 0 aliphatic carbocycles. The van der Waals surface area contributed by atoms with E-state index in [4.69, 9.17) is 19.2 Å². The Morgan fingerprint density at radius 2 is 1.12 bits per heavy atom. The first kappa shape index (κ1) is 22.9. The molecule has 0 saturated heterocycles. The molecule has 0 aromatic carbocycles. The van der Waals surface area contributed by atoms with Crippen molar-refractivity contribution in [2.45, 2.75) is 0 Å². The van der Waals surface area contributed by atoms with Crippen LogP contribution in [0, 0.1) is 0 Å². The summed E-state index contributed by atoms with van der Waals surface area (Å²) in [5.74, 6) is 0. The van der Waals surface area contributed by atoms with Crippen molar-refractivity contribution in [3.8, 4) is 0 Å². The van der Waals surface area contributed by atoms with E-state index in [9.17, 15) is 0 Å². The third kappa shape index (κ3) is 216. The van der Waals surface area contributed by atoms with E-state index in [0.29, 0.717) is 0 Å². The molecular formula is HCuFeO5P. The van der Waals surface area contributed by atoms with Gasteiger partial charge in [0.15, 0.2) is 0 Å². The molecule has 0 bridgehead atoms. The van der Waals surface area contributed by atoms with Crippen molar-refractivity contribution < 1.29 is 58.9 Å². The van der Waals surface area contributed by atoms with E-state index in [1.54, 1.807) is 0 Å². The van der Waals surface area contributed by atoms with Gasteiger partial charge in [0.05, 0.1) is 0 Å². The smallest absolute Gasteiger partial charge is 0.870 e. The van der Waals surface area contributed by atoms with Gasteiger partial charge in [-0.15, -0.1) is 0 Å². The Balaban J connectivity index is -0.0000000267. The van der Waals surface area contributed by atoms with Crippen molar-refractivity contribution >= 4 is 7.82 Å². The molecule has 55 valence electrons. The monoisotopic (exact) mass is 231 g/mol. The van der Waals surface area contributed by atoms with E-state index in [-0.39, 0.29) is 39.6 Å². The van der Waals surface area contributed by atoms with Gasteiger partial charge in [0.1, 0.15) is 0 Å². The predicted octanol–water partition coefficient (Wildman–Crippen LogP) is -3.01. The van der Waals surface area contributed by atoms with Crippen molar-refractivity contribution in [3.05, 3.63) is 0 Å². The Labute approximate surface area is 67.0 Å². The molecule has 0 saturated carbocycles. The van der Waals surface area contributed by atoms with E-state index < -0.39 is 7.82 Å². The van der Waals surface area contributed by atoms with Crippen LogP contribution >= 0.6 is 7.82 Å². The van der Waals surface area contributed by atoms with Crippen LogP contribution in [0.3, 0.4) is 0 Å². The minimum absolute atomic E-state index is 0. The maximum atomic E-state index is 8.55. The summed E-state index contributed by atoms with van der Waals surface area (Å²) in [4.78, 5) is 25.6. The molecule has 0 atom stereocenters. The quantitative estimate of drug-likeness (QED) is 0.325. The molecule has 0 amide bonds. The predicted molar refractivity (Wildman–Crippen MR) is 9.54 cm³/mol. The molecule has 8 heteroatoms. The number of rotatable bonds is 0. The Morgan fingerprint density at radius 3 is 1.12 bits per heavy atom. The largest absolute Gasteiger partial charge is 2.00 e. The number of hydrogen-bond acceptors (Lipinski definition) is 5. The molecule has 0 aromatic rings. The van der Waals surface area contributed by atoms with Crippen LogP contribution in [-0.4, -0.2) is 5.48 Å². The third-order valence-electron chi connectivity index (χ3n) is 0. The summed E-state index contributed by atoms with van der Waals surface area (Å²) in [5, 5.41) is 0. The second-order valence-corrected chi connectivity index (χ2v) is 1.34. The van der Waals surface area contributed by atoms with Crippen molar-refractivity contribution in [1.82, 2.24) is 0 Å². The van der Waals surface area contributed by atoms with E-state index in [0.717, 1.165) is 0 Å². The SMILES string of the molecule is O=P([O-])([O-])[O-].[Cu+2].[Fe+2].[OH-]. The van der Waals surface area contributed by atoms with Crippen molar-refractivity contribution in [2.75, 3.05) is 0 Å². The Hall–Kier alpha value is 1.11. The molecule has 8 heavy (non-hydrogen) atoms. The van der Waals surface area contributed by atoms with Crippen LogP contribution in [-0.2, 0) is 38.7 Å². The molecule has 5 nitrogen and oxygen atoms in total. The summed E-state index contributed by atoms with van der Waals surface area (Å²) in [5.41, 5.74) is 0. The first-order chi connectivity index (χ1) is 2.00. The summed E-state index contributed by atoms with van der Waals surface area (Å²) in [6.07, 6.45) is 0. The molecule has 0 aliphatic rings. The second-order valence-electron chi connectivity index (χ2n) is 0.447. The van der Waals surface area contributed by atoms with E-state index in [2.05, 4.69) is 0 Å². The molecule has 0 unspecified atom stereocenters. The minimum Gasteiger partial charge on any atom is -0.870 e. The number of hydrogen-bond donors (Lipinski definition) is 0. The zero-order chi connectivity index (χ0) is 4.50. The Bertz CT molecular complexity index is 58.6. The molecule has 0 aliphatic heterocycles. The van der Waals surface area contributed by atoms with Crippen molar-refractivity contribution in [1.29, 1.82) is 0 Å². The van der Waals surface area contributed by atoms with E-state index >= 15 is 0 Å². The zero-order valence-corrected chi connectivity index (χ0v) is 6.12. The van der Waals surface area contributed by atoms with Crippen LogP contribution < -0.4 is 14.7 Å². The molecule has 0 aromatic heterocycles. The van der Waals surface area contributed by atoms with Gasteiger partial charge in [-0.1, -0.05) is 0 Å². The van der Waals surface area contributed by atoms with Crippen LogP contribution in [0.1, 0.15) is 0 Å². The van der Waals surface area contributed by atoms with Crippen LogP contribution in [0.5, 0.6) is 0 Å². The minimum atomic E-state index is -5.39. The summed E-state index contributed by atoms with van der Waals surface area (Å²) >= 11 is 0. The van der Waals surface area contributed by atoms with Gasteiger partial charge >= 0.3 is 34.1 Å². The van der Waals surface area contributed by atoms with Gasteiger partial charge in [0.2, 0.25) is 0 Å². The average Bonchev–Trinajstić information content (AvgIpc) is 0.722. The van der Waals surface area contributed by atoms with Gasteiger partial charge in [0.25, 0.3) is 0 Å². The fourth-order valence-electron chi connectivity index (χ4n) is 0. The number of phosphoric acid groups is 1. The molecule has 0 fully saturated rings. The van der Waals surface area contributed by atoms with Crippen molar-refractivity contribution in [2.24, 2.45) is 0 Å². The zero-order valence-electron chi connectivity index (χ0n) is 3.18. The van der Waals surface area contributed by atoms with Gasteiger partial charge in [-0.25, -0.2) is 0 Å². The van der Waals surface area contributed by atoms with Crippen molar-refractivity contribution in [3.63, 3.8) is 0 Å². The maximum absolute atomic E-state index is 8.55. The van der Waals surface area contributed by atoms with Crippen LogP contribution in [0.25, 0.3) is 0 Å². The van der Waals surface area contributed by atoms with E-state index in [1.807, 2.05) is 0 Å². The molecule has 1 N–H and O–H groups in total. The summed E-state index contributed by atoms with van der Waals surface area (Å²) < 4.78 is 8.55. The average molecular weight is 231 g/mol. The summed E-state index contributed by atoms with van der Waals surface area (Å²) in [6.45, 7) is 0. The fraction of sp³-hybridized carbons (Fsp3) is 0. The fourth-order valence-corrected chi connectivity index (χ4v) is 0. The molecule has 0 spiro atoms. The van der Waals surface area contributed by atoms with Crippen LogP contribution in [0.2, 0.25) is 0 Å². The molecule has 0 rings (SSSR count). The van der Waals surface area contributed by atoms with Crippen LogP contribution in [0.4, 0.5) is 0 Å². The molecule has 0 heterocycles. The second kappa shape index (κ2) is 8.11. The first-order valence-corrected chi connectivity index (χ1v) is 2.19. The van der Waals surface area contributed by atoms with Gasteiger partial charge in [-0.3, -0.25) is 0 Å². The van der Waals surface area contributed by atoms with Gasteiger partial charge in [-0.05, 0) is 0 Å². The Kier molecular flexibility index (Phi) is 23.3. The maximum Gasteiger partial charge on any atom is 2.00 e. The molecule has 1 radical (unpaired) electrons. The van der Waals surface area contributed by atoms with E-state index in [1.165, 1.54) is 0 Å².